The van der Waals surface area contributed by atoms with E-state index in [2.05, 4.69) is 28.9 Å². The van der Waals surface area contributed by atoms with Gasteiger partial charge in [-0.15, -0.1) is 11.3 Å². The van der Waals surface area contributed by atoms with Gasteiger partial charge in [-0.05, 0) is 59.7 Å². The van der Waals surface area contributed by atoms with Gasteiger partial charge in [0.05, 0.1) is 6.04 Å². The van der Waals surface area contributed by atoms with Gasteiger partial charge in [-0.1, -0.05) is 41.9 Å². The van der Waals surface area contributed by atoms with E-state index < -0.39 is 0 Å². The van der Waals surface area contributed by atoms with Crippen LogP contribution < -0.4 is 5.32 Å². The van der Waals surface area contributed by atoms with Crippen LogP contribution in [0, 0.1) is 0 Å². The minimum atomic E-state index is -0.151. The van der Waals surface area contributed by atoms with Crippen molar-refractivity contribution in [2.45, 2.75) is 25.3 Å². The predicted octanol–water partition coefficient (Wildman–Crippen LogP) is 5.09. The van der Waals surface area contributed by atoms with E-state index in [1.165, 1.54) is 10.4 Å². The monoisotopic (exact) mass is 438 g/mol. The molecule has 0 bridgehead atoms. The first-order valence-corrected chi connectivity index (χ1v) is 11.3. The van der Waals surface area contributed by atoms with Crippen molar-refractivity contribution >= 4 is 34.8 Å². The van der Waals surface area contributed by atoms with Gasteiger partial charge in [0.1, 0.15) is 0 Å². The molecule has 0 saturated heterocycles. The van der Waals surface area contributed by atoms with Crippen molar-refractivity contribution in [2.24, 2.45) is 0 Å². The Kier molecular flexibility index (Phi) is 6.50. The summed E-state index contributed by atoms with van der Waals surface area (Å²) in [5.74, 6) is -0.0244. The number of amides is 2. The number of benzene rings is 2. The van der Waals surface area contributed by atoms with Crippen molar-refractivity contribution in [2.75, 3.05) is 13.1 Å². The molecule has 2 amide bonds. The van der Waals surface area contributed by atoms with E-state index in [1.54, 1.807) is 35.6 Å². The minimum Gasteiger partial charge on any atom is -0.352 e. The number of thiophene rings is 1. The van der Waals surface area contributed by atoms with E-state index in [0.717, 1.165) is 18.5 Å². The highest BCUT2D eigenvalue weighted by molar-refractivity contribution is 7.10. The number of carbonyl (C=O) groups excluding carboxylic acids is 2. The van der Waals surface area contributed by atoms with Gasteiger partial charge in [0.2, 0.25) is 5.91 Å². The Labute approximate surface area is 185 Å². The minimum absolute atomic E-state index is 0.0302. The Morgan fingerprint density at radius 2 is 1.83 bits per heavy atom. The van der Waals surface area contributed by atoms with Crippen LogP contribution in [0.1, 0.15) is 45.2 Å². The van der Waals surface area contributed by atoms with Crippen LogP contribution >= 0.6 is 22.9 Å². The van der Waals surface area contributed by atoms with E-state index in [1.807, 2.05) is 23.1 Å². The van der Waals surface area contributed by atoms with Crippen LogP contribution in [0.15, 0.2) is 66.0 Å². The predicted molar refractivity (Wildman–Crippen MR) is 121 cm³/mol. The Hall–Kier alpha value is -2.63. The summed E-state index contributed by atoms with van der Waals surface area (Å²) in [5.41, 5.74) is 2.94. The van der Waals surface area contributed by atoms with E-state index in [4.69, 9.17) is 11.6 Å². The lowest BCUT2D eigenvalue weighted by atomic mass is 9.93. The maximum atomic E-state index is 13.1. The van der Waals surface area contributed by atoms with Gasteiger partial charge in [-0.2, -0.15) is 0 Å². The molecule has 1 aliphatic heterocycles. The summed E-state index contributed by atoms with van der Waals surface area (Å²) in [6.45, 7) is 1.18. The fourth-order valence-electron chi connectivity index (χ4n) is 3.87. The lowest BCUT2D eigenvalue weighted by molar-refractivity contribution is -0.133. The first-order valence-electron chi connectivity index (χ1n) is 10.1. The first kappa shape index (κ1) is 20.6. The molecular weight excluding hydrogens is 416 g/mol. The summed E-state index contributed by atoms with van der Waals surface area (Å²) >= 11 is 7.63. The molecule has 1 aromatic heterocycles. The molecule has 1 unspecified atom stereocenters. The van der Waals surface area contributed by atoms with Crippen LogP contribution in [0.4, 0.5) is 0 Å². The van der Waals surface area contributed by atoms with Crippen LogP contribution in [0.25, 0.3) is 0 Å². The molecule has 154 valence electrons. The molecule has 6 heteroatoms. The number of hydrogen-bond acceptors (Lipinski definition) is 3. The number of halogens is 1. The Bertz CT molecular complexity index is 1020. The molecule has 1 N–H and O–H groups in total. The van der Waals surface area contributed by atoms with Crippen LogP contribution in [0.2, 0.25) is 5.02 Å². The second-order valence-corrected chi connectivity index (χ2v) is 8.75. The van der Waals surface area contributed by atoms with E-state index in [0.29, 0.717) is 30.0 Å². The number of rotatable bonds is 6. The SMILES string of the molecule is O=C(NCCCC(=O)N1CCc2sccc2C1c1ccccc1)c1ccc(Cl)cc1. The highest BCUT2D eigenvalue weighted by atomic mass is 35.5. The van der Waals surface area contributed by atoms with Crippen molar-refractivity contribution in [3.05, 3.63) is 92.6 Å². The third kappa shape index (κ3) is 4.58. The lowest BCUT2D eigenvalue weighted by Gasteiger charge is -2.36. The highest BCUT2D eigenvalue weighted by Crippen LogP contribution is 2.38. The third-order valence-corrected chi connectivity index (χ3v) is 6.61. The van der Waals surface area contributed by atoms with Gasteiger partial charge in [-0.25, -0.2) is 0 Å². The molecule has 0 aliphatic carbocycles. The normalized spacial score (nSPS) is 15.5. The topological polar surface area (TPSA) is 49.4 Å². The number of nitrogens with one attached hydrogen (secondary N) is 1. The third-order valence-electron chi connectivity index (χ3n) is 5.36. The van der Waals surface area contributed by atoms with Gasteiger partial charge in [0, 0.05) is 35.0 Å². The van der Waals surface area contributed by atoms with Crippen molar-refractivity contribution in [3.63, 3.8) is 0 Å². The van der Waals surface area contributed by atoms with E-state index >= 15 is 0 Å². The first-order chi connectivity index (χ1) is 14.6. The van der Waals surface area contributed by atoms with Crippen LogP contribution in [0.5, 0.6) is 0 Å². The number of carbonyl (C=O) groups is 2. The van der Waals surface area contributed by atoms with Crippen molar-refractivity contribution < 1.29 is 9.59 Å². The summed E-state index contributed by atoms with van der Waals surface area (Å²) < 4.78 is 0. The second kappa shape index (κ2) is 9.45. The van der Waals surface area contributed by atoms with Crippen molar-refractivity contribution in [1.82, 2.24) is 10.2 Å². The molecule has 4 nitrogen and oxygen atoms in total. The molecular formula is C24H23ClN2O2S. The van der Waals surface area contributed by atoms with Crippen LogP contribution in [0.3, 0.4) is 0 Å². The molecule has 2 heterocycles. The van der Waals surface area contributed by atoms with Crippen molar-refractivity contribution in [1.29, 1.82) is 0 Å². The molecule has 1 atom stereocenters. The molecule has 0 saturated carbocycles. The van der Waals surface area contributed by atoms with E-state index in [-0.39, 0.29) is 17.9 Å². The second-order valence-electron chi connectivity index (χ2n) is 7.32. The molecule has 2 aromatic carbocycles. The summed E-state index contributed by atoms with van der Waals surface area (Å²) in [7, 11) is 0. The quantitative estimate of drug-likeness (QED) is 0.545. The zero-order valence-electron chi connectivity index (χ0n) is 16.5. The van der Waals surface area contributed by atoms with E-state index in [9.17, 15) is 9.59 Å². The largest absolute Gasteiger partial charge is 0.352 e. The molecule has 0 spiro atoms. The smallest absolute Gasteiger partial charge is 0.251 e. The highest BCUT2D eigenvalue weighted by Gasteiger charge is 2.32. The average molecular weight is 439 g/mol. The Morgan fingerprint density at radius 1 is 1.07 bits per heavy atom. The summed E-state index contributed by atoms with van der Waals surface area (Å²) in [6, 6.07) is 19.1. The van der Waals surface area contributed by atoms with Gasteiger partial charge in [-0.3, -0.25) is 9.59 Å². The fourth-order valence-corrected chi connectivity index (χ4v) is 4.90. The number of hydrogen-bond donors (Lipinski definition) is 1. The molecule has 3 aromatic rings. The zero-order chi connectivity index (χ0) is 20.9. The standard InChI is InChI=1S/C24H23ClN2O2S/c25-19-10-8-18(9-11-19)24(29)26-14-4-7-22(28)27-15-12-21-20(13-16-30-21)23(27)17-5-2-1-3-6-17/h1-3,5-6,8-11,13,16,23H,4,7,12,14-15H2,(H,26,29). The Morgan fingerprint density at radius 3 is 2.60 bits per heavy atom. The summed E-state index contributed by atoms with van der Waals surface area (Å²) in [4.78, 5) is 28.6. The molecule has 30 heavy (non-hydrogen) atoms. The van der Waals surface area contributed by atoms with Crippen LogP contribution in [-0.4, -0.2) is 29.8 Å². The van der Waals surface area contributed by atoms with Gasteiger partial charge in [0.15, 0.2) is 0 Å². The molecule has 1 aliphatic rings. The summed E-state index contributed by atoms with van der Waals surface area (Å²) in [6.07, 6.45) is 1.91. The molecule has 0 fully saturated rings. The lowest BCUT2D eigenvalue weighted by Crippen LogP contribution is -2.40. The number of fused-ring (bicyclic) bond motifs is 1. The van der Waals surface area contributed by atoms with Crippen LogP contribution in [-0.2, 0) is 11.2 Å². The van der Waals surface area contributed by atoms with Gasteiger partial charge >= 0.3 is 0 Å². The van der Waals surface area contributed by atoms with Crippen molar-refractivity contribution in [3.8, 4) is 0 Å². The van der Waals surface area contributed by atoms with Gasteiger partial charge in [0.25, 0.3) is 5.91 Å². The average Bonchev–Trinajstić information content (AvgIpc) is 3.25. The fraction of sp³-hybridized carbons (Fsp3) is 0.250. The maximum absolute atomic E-state index is 13.1. The van der Waals surface area contributed by atoms with Gasteiger partial charge < -0.3 is 10.2 Å². The maximum Gasteiger partial charge on any atom is 0.251 e. The summed E-state index contributed by atoms with van der Waals surface area (Å²) in [5, 5.41) is 5.59. The Balaban J connectivity index is 1.36. The molecule has 0 radical (unpaired) electrons. The molecule has 4 rings (SSSR count). The number of nitrogens with zero attached hydrogens (tertiary/aromatic N) is 1. The zero-order valence-corrected chi connectivity index (χ0v) is 18.1.